The number of hydrogen-bond donors (Lipinski definition) is 1. The van der Waals surface area contributed by atoms with Gasteiger partial charge in [0.25, 0.3) is 0 Å². The smallest absolute Gasteiger partial charge is 0.0406 e. The van der Waals surface area contributed by atoms with E-state index in [9.17, 15) is 0 Å². The zero-order valence-corrected chi connectivity index (χ0v) is 12.9. The molecule has 1 atom stereocenters. The highest BCUT2D eigenvalue weighted by atomic mass is 35.5. The molecule has 3 rings (SSSR count). The van der Waals surface area contributed by atoms with Crippen molar-refractivity contribution >= 4 is 11.6 Å². The van der Waals surface area contributed by atoms with Crippen molar-refractivity contribution in [2.24, 2.45) is 0 Å². The molecular weight excluding hydrogens is 280 g/mol. The summed E-state index contributed by atoms with van der Waals surface area (Å²) < 4.78 is 0. The first-order valence-electron chi connectivity index (χ1n) is 7.54. The molecule has 1 fully saturated rings. The van der Waals surface area contributed by atoms with Crippen LogP contribution in [0.1, 0.15) is 11.1 Å². The lowest BCUT2D eigenvalue weighted by Gasteiger charge is -2.34. The van der Waals surface area contributed by atoms with Crippen LogP contribution >= 0.6 is 11.6 Å². The molecule has 0 aliphatic carbocycles. The third kappa shape index (κ3) is 4.31. The van der Waals surface area contributed by atoms with Gasteiger partial charge in [-0.25, -0.2) is 0 Å². The highest BCUT2D eigenvalue weighted by Crippen LogP contribution is 2.14. The van der Waals surface area contributed by atoms with E-state index in [1.807, 2.05) is 12.1 Å². The van der Waals surface area contributed by atoms with E-state index in [0.29, 0.717) is 6.04 Å². The second-order valence-electron chi connectivity index (χ2n) is 5.70. The molecule has 110 valence electrons. The summed E-state index contributed by atoms with van der Waals surface area (Å²) in [7, 11) is 0. The van der Waals surface area contributed by atoms with Crippen LogP contribution in [0.3, 0.4) is 0 Å². The van der Waals surface area contributed by atoms with Crippen LogP contribution in [0.25, 0.3) is 0 Å². The molecule has 1 heterocycles. The van der Waals surface area contributed by atoms with Gasteiger partial charge in [0.2, 0.25) is 0 Å². The Balaban J connectivity index is 1.57. The fraction of sp³-hybridized carbons (Fsp3) is 0.333. The van der Waals surface area contributed by atoms with Gasteiger partial charge in [-0.05, 0) is 29.7 Å². The Hall–Kier alpha value is -1.35. The number of benzene rings is 2. The number of nitrogens with zero attached hydrogens (tertiary/aromatic N) is 1. The minimum absolute atomic E-state index is 0.536. The van der Waals surface area contributed by atoms with Gasteiger partial charge in [0.15, 0.2) is 0 Å². The topological polar surface area (TPSA) is 15.3 Å². The molecule has 1 N–H and O–H groups in total. The maximum Gasteiger partial charge on any atom is 0.0406 e. The van der Waals surface area contributed by atoms with Gasteiger partial charge < -0.3 is 5.32 Å². The van der Waals surface area contributed by atoms with Crippen LogP contribution < -0.4 is 5.32 Å². The van der Waals surface area contributed by atoms with Gasteiger partial charge in [0.1, 0.15) is 0 Å². The second-order valence-corrected chi connectivity index (χ2v) is 6.14. The molecule has 1 saturated heterocycles. The Morgan fingerprint density at radius 3 is 2.52 bits per heavy atom. The van der Waals surface area contributed by atoms with E-state index >= 15 is 0 Å². The maximum atomic E-state index is 5.94. The van der Waals surface area contributed by atoms with Crippen molar-refractivity contribution in [3.63, 3.8) is 0 Å². The predicted molar refractivity (Wildman–Crippen MR) is 88.7 cm³/mol. The van der Waals surface area contributed by atoms with Gasteiger partial charge >= 0.3 is 0 Å². The van der Waals surface area contributed by atoms with Gasteiger partial charge in [0.05, 0.1) is 0 Å². The van der Waals surface area contributed by atoms with Crippen molar-refractivity contribution in [3.05, 3.63) is 70.7 Å². The molecule has 0 bridgehead atoms. The molecule has 0 amide bonds. The van der Waals surface area contributed by atoms with Crippen LogP contribution in [-0.4, -0.2) is 30.6 Å². The van der Waals surface area contributed by atoms with Gasteiger partial charge in [-0.15, -0.1) is 0 Å². The molecule has 2 aromatic carbocycles. The van der Waals surface area contributed by atoms with Crippen LogP contribution in [0.15, 0.2) is 54.6 Å². The Kier molecular flexibility index (Phi) is 4.91. The first-order valence-corrected chi connectivity index (χ1v) is 7.91. The highest BCUT2D eigenvalue weighted by molar-refractivity contribution is 6.30. The quantitative estimate of drug-likeness (QED) is 0.931. The first kappa shape index (κ1) is 14.6. The molecular formula is C18H21ClN2. The molecule has 3 heteroatoms. The SMILES string of the molecule is Clc1ccc(CN2CCNC(Cc3ccccc3)C2)cc1. The van der Waals surface area contributed by atoms with Crippen LogP contribution in [0.4, 0.5) is 0 Å². The molecule has 1 aliphatic rings. The first-order chi connectivity index (χ1) is 10.3. The van der Waals surface area contributed by atoms with Crippen LogP contribution in [0.5, 0.6) is 0 Å². The molecule has 0 radical (unpaired) electrons. The van der Waals surface area contributed by atoms with E-state index in [0.717, 1.165) is 37.6 Å². The third-order valence-electron chi connectivity index (χ3n) is 3.98. The van der Waals surface area contributed by atoms with Crippen molar-refractivity contribution in [2.75, 3.05) is 19.6 Å². The standard InChI is InChI=1S/C18H21ClN2/c19-17-8-6-16(7-9-17)13-21-11-10-20-18(14-21)12-15-4-2-1-3-5-15/h1-9,18,20H,10-14H2. The van der Waals surface area contributed by atoms with Crippen LogP contribution in [0.2, 0.25) is 5.02 Å². The average molecular weight is 301 g/mol. The zero-order valence-electron chi connectivity index (χ0n) is 12.1. The average Bonchev–Trinajstić information content (AvgIpc) is 2.51. The van der Waals surface area contributed by atoms with E-state index in [-0.39, 0.29) is 0 Å². The molecule has 21 heavy (non-hydrogen) atoms. The maximum absolute atomic E-state index is 5.94. The van der Waals surface area contributed by atoms with Crippen molar-refractivity contribution in [3.8, 4) is 0 Å². The van der Waals surface area contributed by atoms with Gasteiger partial charge in [-0.3, -0.25) is 4.90 Å². The number of nitrogens with one attached hydrogen (secondary N) is 1. The number of rotatable bonds is 4. The lowest BCUT2D eigenvalue weighted by molar-refractivity contribution is 0.192. The second kappa shape index (κ2) is 7.08. The number of piperazine rings is 1. The normalized spacial score (nSPS) is 19.6. The van der Waals surface area contributed by atoms with Crippen LogP contribution in [0, 0.1) is 0 Å². The monoisotopic (exact) mass is 300 g/mol. The summed E-state index contributed by atoms with van der Waals surface area (Å²) in [6.07, 6.45) is 1.10. The molecule has 0 saturated carbocycles. The summed E-state index contributed by atoms with van der Waals surface area (Å²) >= 11 is 5.94. The lowest BCUT2D eigenvalue weighted by atomic mass is 10.0. The van der Waals surface area contributed by atoms with Gasteiger partial charge in [-0.1, -0.05) is 54.1 Å². The van der Waals surface area contributed by atoms with Crippen molar-refractivity contribution in [2.45, 2.75) is 19.0 Å². The largest absolute Gasteiger partial charge is 0.311 e. The molecule has 2 nitrogen and oxygen atoms in total. The molecule has 0 spiro atoms. The van der Waals surface area contributed by atoms with E-state index < -0.39 is 0 Å². The summed E-state index contributed by atoms with van der Waals surface area (Å²) in [5, 5.41) is 4.44. The van der Waals surface area contributed by atoms with Crippen molar-refractivity contribution in [1.82, 2.24) is 10.2 Å². The molecule has 1 unspecified atom stereocenters. The van der Waals surface area contributed by atoms with Gasteiger partial charge in [0, 0.05) is 37.2 Å². The summed E-state index contributed by atoms with van der Waals surface area (Å²) in [5.41, 5.74) is 2.74. The lowest BCUT2D eigenvalue weighted by Crippen LogP contribution is -2.51. The van der Waals surface area contributed by atoms with E-state index in [4.69, 9.17) is 11.6 Å². The molecule has 1 aliphatic heterocycles. The number of hydrogen-bond acceptors (Lipinski definition) is 2. The fourth-order valence-electron chi connectivity index (χ4n) is 2.92. The van der Waals surface area contributed by atoms with E-state index in [1.54, 1.807) is 0 Å². The van der Waals surface area contributed by atoms with E-state index in [2.05, 4.69) is 52.7 Å². The highest BCUT2D eigenvalue weighted by Gasteiger charge is 2.19. The summed E-state index contributed by atoms with van der Waals surface area (Å²) in [5.74, 6) is 0. The van der Waals surface area contributed by atoms with E-state index in [1.165, 1.54) is 11.1 Å². The molecule has 2 aromatic rings. The summed E-state index contributed by atoms with van der Waals surface area (Å²) in [6.45, 7) is 4.26. The minimum atomic E-state index is 0.536. The third-order valence-corrected chi connectivity index (χ3v) is 4.24. The van der Waals surface area contributed by atoms with Crippen molar-refractivity contribution in [1.29, 1.82) is 0 Å². The van der Waals surface area contributed by atoms with Crippen molar-refractivity contribution < 1.29 is 0 Å². The Morgan fingerprint density at radius 1 is 1.00 bits per heavy atom. The summed E-state index contributed by atoms with van der Waals surface area (Å²) in [6, 6.07) is 19.4. The summed E-state index contributed by atoms with van der Waals surface area (Å²) in [4.78, 5) is 2.52. The fourth-order valence-corrected chi connectivity index (χ4v) is 3.05. The Labute approximate surface area is 131 Å². The minimum Gasteiger partial charge on any atom is -0.311 e. The molecule has 0 aromatic heterocycles. The zero-order chi connectivity index (χ0) is 14.5. The predicted octanol–water partition coefficient (Wildman–Crippen LogP) is 3.36. The number of halogens is 1. The van der Waals surface area contributed by atoms with Gasteiger partial charge in [-0.2, -0.15) is 0 Å². The Morgan fingerprint density at radius 2 is 1.76 bits per heavy atom. The van der Waals surface area contributed by atoms with Crippen LogP contribution in [-0.2, 0) is 13.0 Å². The Bertz CT molecular complexity index is 553.